The van der Waals surface area contributed by atoms with Crippen molar-refractivity contribution < 1.29 is 9.53 Å². The van der Waals surface area contributed by atoms with Crippen LogP contribution >= 0.6 is 0 Å². The number of carbonyl (C=O) groups excluding carboxylic acids is 1. The summed E-state index contributed by atoms with van der Waals surface area (Å²) in [6.45, 7) is 7.20. The summed E-state index contributed by atoms with van der Waals surface area (Å²) in [6, 6.07) is 11.6. The van der Waals surface area contributed by atoms with Crippen LogP contribution in [0.2, 0.25) is 25.7 Å². The van der Waals surface area contributed by atoms with Crippen molar-refractivity contribution in [2.45, 2.75) is 44.4 Å². The molecule has 3 heteroatoms. The van der Waals surface area contributed by atoms with E-state index in [0.29, 0.717) is 0 Å². The van der Waals surface area contributed by atoms with E-state index < -0.39 is 8.07 Å². The summed E-state index contributed by atoms with van der Waals surface area (Å²) in [7, 11) is 0.375. The van der Waals surface area contributed by atoms with Crippen LogP contribution in [0.1, 0.15) is 24.3 Å². The van der Waals surface area contributed by atoms with E-state index in [2.05, 4.69) is 37.8 Å². The maximum atomic E-state index is 12.1. The van der Waals surface area contributed by atoms with Gasteiger partial charge in [0.25, 0.3) is 0 Å². The molecule has 21 heavy (non-hydrogen) atoms. The van der Waals surface area contributed by atoms with Crippen LogP contribution in [-0.2, 0) is 9.53 Å². The van der Waals surface area contributed by atoms with Crippen LogP contribution in [-0.4, -0.2) is 21.2 Å². The van der Waals surface area contributed by atoms with Gasteiger partial charge in [-0.1, -0.05) is 61.6 Å². The molecule has 2 atom stereocenters. The Morgan fingerprint density at radius 3 is 2.48 bits per heavy atom. The molecule has 0 N–H and O–H groups in total. The monoisotopic (exact) mass is 302 g/mol. The molecular formula is C18H26O2Si. The minimum Gasteiger partial charge on any atom is -0.469 e. The summed E-state index contributed by atoms with van der Waals surface area (Å²) in [6.07, 6.45) is 4.29. The van der Waals surface area contributed by atoms with Gasteiger partial charge in [-0.15, -0.1) is 0 Å². The van der Waals surface area contributed by atoms with Crippen molar-refractivity contribution in [3.63, 3.8) is 0 Å². The Kier molecular flexibility index (Phi) is 5.04. The molecule has 0 spiro atoms. The Morgan fingerprint density at radius 2 is 1.90 bits per heavy atom. The number of methoxy groups -OCH3 is 1. The Bertz CT molecular complexity index is 514. The first kappa shape index (κ1) is 16.0. The zero-order valence-electron chi connectivity index (χ0n) is 13.6. The molecular weight excluding hydrogens is 276 g/mol. The van der Waals surface area contributed by atoms with E-state index in [-0.39, 0.29) is 17.8 Å². The fraction of sp³-hybridized carbons (Fsp3) is 0.500. The van der Waals surface area contributed by atoms with Crippen LogP contribution in [0.25, 0.3) is 0 Å². The van der Waals surface area contributed by atoms with Crippen molar-refractivity contribution in [1.82, 2.24) is 0 Å². The topological polar surface area (TPSA) is 26.3 Å². The van der Waals surface area contributed by atoms with Crippen molar-refractivity contribution in [2.75, 3.05) is 7.11 Å². The number of rotatable bonds is 4. The average molecular weight is 302 g/mol. The largest absolute Gasteiger partial charge is 0.469 e. The zero-order valence-corrected chi connectivity index (χ0v) is 14.6. The van der Waals surface area contributed by atoms with E-state index >= 15 is 0 Å². The highest BCUT2D eigenvalue weighted by Gasteiger charge is 2.33. The highest BCUT2D eigenvalue weighted by Crippen LogP contribution is 2.39. The van der Waals surface area contributed by atoms with Crippen LogP contribution < -0.4 is 0 Å². The minimum atomic E-state index is -1.12. The van der Waals surface area contributed by atoms with Gasteiger partial charge in [0.1, 0.15) is 0 Å². The Labute approximate surface area is 129 Å². The molecule has 114 valence electrons. The van der Waals surface area contributed by atoms with Gasteiger partial charge < -0.3 is 4.74 Å². The number of hydrogen-bond donors (Lipinski definition) is 0. The third-order valence-electron chi connectivity index (χ3n) is 4.07. The predicted octanol–water partition coefficient (Wildman–Crippen LogP) is 4.62. The van der Waals surface area contributed by atoms with Gasteiger partial charge in [-0.2, -0.15) is 0 Å². The summed E-state index contributed by atoms with van der Waals surface area (Å²) in [4.78, 5) is 12.1. The quantitative estimate of drug-likeness (QED) is 0.461. The maximum absolute atomic E-state index is 12.1. The molecule has 1 aromatic rings. The Hall–Kier alpha value is -1.35. The van der Waals surface area contributed by atoms with Gasteiger partial charge in [-0.05, 0) is 24.4 Å². The van der Waals surface area contributed by atoms with Gasteiger partial charge in [0.15, 0.2) is 0 Å². The molecule has 1 aliphatic rings. The molecule has 1 aromatic carbocycles. The van der Waals surface area contributed by atoms with Crippen LogP contribution in [0.15, 0.2) is 42.0 Å². The van der Waals surface area contributed by atoms with Crippen molar-refractivity contribution in [3.05, 3.63) is 47.5 Å². The molecule has 0 amide bonds. The molecule has 2 nitrogen and oxygen atoms in total. The minimum absolute atomic E-state index is 0.0391. The first-order valence-electron chi connectivity index (χ1n) is 7.73. The SMILES string of the molecule is COC(=O)[C@H]1CCC(C[Si](C)(C)C)=C[C@@H]1c1ccccc1. The lowest BCUT2D eigenvalue weighted by molar-refractivity contribution is -0.146. The van der Waals surface area contributed by atoms with Gasteiger partial charge in [0.2, 0.25) is 0 Å². The third-order valence-corrected chi connectivity index (χ3v) is 5.59. The van der Waals surface area contributed by atoms with Crippen molar-refractivity contribution in [3.8, 4) is 0 Å². The molecule has 0 saturated heterocycles. The molecule has 0 radical (unpaired) electrons. The fourth-order valence-electron chi connectivity index (χ4n) is 3.22. The summed E-state index contributed by atoms with van der Waals surface area (Å²) >= 11 is 0. The van der Waals surface area contributed by atoms with Crippen LogP contribution in [0, 0.1) is 5.92 Å². The molecule has 1 aliphatic carbocycles. The number of esters is 1. The van der Waals surface area contributed by atoms with E-state index in [1.165, 1.54) is 24.3 Å². The van der Waals surface area contributed by atoms with Crippen LogP contribution in [0.3, 0.4) is 0 Å². The van der Waals surface area contributed by atoms with Crippen molar-refractivity contribution >= 4 is 14.0 Å². The number of allylic oxidation sites excluding steroid dienone is 2. The molecule has 0 bridgehead atoms. The van der Waals surface area contributed by atoms with E-state index in [0.717, 1.165) is 12.8 Å². The molecule has 0 aliphatic heterocycles. The maximum Gasteiger partial charge on any atom is 0.309 e. The zero-order chi connectivity index (χ0) is 15.5. The van der Waals surface area contributed by atoms with Gasteiger partial charge in [0, 0.05) is 14.0 Å². The van der Waals surface area contributed by atoms with Crippen LogP contribution in [0.5, 0.6) is 0 Å². The highest BCUT2D eigenvalue weighted by molar-refractivity contribution is 6.76. The number of hydrogen-bond acceptors (Lipinski definition) is 2. The molecule has 2 rings (SSSR count). The standard InChI is InChI=1S/C18H26O2Si/c1-20-18(19)16-11-10-14(13-21(2,3)4)12-17(16)15-8-6-5-7-9-15/h5-9,12,16-17H,10-11,13H2,1-4H3/t16-,17+/m0/s1. The Morgan fingerprint density at radius 1 is 1.24 bits per heavy atom. The van der Waals surface area contributed by atoms with Gasteiger partial charge >= 0.3 is 5.97 Å². The summed E-state index contributed by atoms with van der Waals surface area (Å²) < 4.78 is 5.02. The summed E-state index contributed by atoms with van der Waals surface area (Å²) in [5.41, 5.74) is 2.75. The smallest absolute Gasteiger partial charge is 0.309 e. The van der Waals surface area contributed by atoms with Crippen molar-refractivity contribution in [1.29, 1.82) is 0 Å². The molecule has 0 fully saturated rings. The van der Waals surface area contributed by atoms with Gasteiger partial charge in [0.05, 0.1) is 13.0 Å². The summed E-state index contributed by atoms with van der Waals surface area (Å²) in [5, 5.41) is 0. The highest BCUT2D eigenvalue weighted by atomic mass is 28.3. The second kappa shape index (κ2) is 6.61. The van der Waals surface area contributed by atoms with E-state index in [4.69, 9.17) is 4.74 Å². The second-order valence-electron chi connectivity index (χ2n) is 7.17. The lowest BCUT2D eigenvalue weighted by Crippen LogP contribution is -2.28. The van der Waals surface area contributed by atoms with E-state index in [1.807, 2.05) is 18.2 Å². The van der Waals surface area contributed by atoms with Crippen LogP contribution in [0.4, 0.5) is 0 Å². The van der Waals surface area contributed by atoms with Crippen molar-refractivity contribution in [2.24, 2.45) is 5.92 Å². The number of ether oxygens (including phenoxy) is 1. The van der Waals surface area contributed by atoms with E-state index in [1.54, 1.807) is 0 Å². The Balaban J connectivity index is 2.31. The molecule has 0 unspecified atom stereocenters. The first-order valence-corrected chi connectivity index (χ1v) is 11.4. The lowest BCUT2D eigenvalue weighted by Gasteiger charge is -2.31. The predicted molar refractivity (Wildman–Crippen MR) is 90.2 cm³/mol. The van der Waals surface area contributed by atoms with E-state index in [9.17, 15) is 4.79 Å². The second-order valence-corrected chi connectivity index (χ2v) is 12.6. The fourth-order valence-corrected chi connectivity index (χ4v) is 4.88. The molecule has 0 aromatic heterocycles. The van der Waals surface area contributed by atoms with Gasteiger partial charge in [-0.3, -0.25) is 4.79 Å². The molecule has 0 saturated carbocycles. The number of carbonyl (C=O) groups is 1. The molecule has 0 heterocycles. The first-order chi connectivity index (χ1) is 9.90. The summed E-state index contributed by atoms with van der Waals surface area (Å²) in [5.74, 6) is 0.0497. The normalized spacial score (nSPS) is 22.6. The lowest BCUT2D eigenvalue weighted by atomic mass is 9.77. The average Bonchev–Trinajstić information content (AvgIpc) is 2.45. The third kappa shape index (κ3) is 4.30. The number of benzene rings is 1. The van der Waals surface area contributed by atoms with Gasteiger partial charge in [-0.25, -0.2) is 0 Å².